The third kappa shape index (κ3) is 1.26. The van der Waals surface area contributed by atoms with Crippen LogP contribution in [0.15, 0.2) is 18.2 Å². The Morgan fingerprint density at radius 1 is 1.06 bits per heavy atom. The van der Waals surface area contributed by atoms with Gasteiger partial charge < -0.3 is 0 Å². The summed E-state index contributed by atoms with van der Waals surface area (Å²) in [7, 11) is -1.38. The highest BCUT2D eigenvalue weighted by Crippen LogP contribution is 2.58. The molecule has 1 aliphatic heterocycles. The van der Waals surface area contributed by atoms with E-state index in [1.165, 1.54) is 3.57 Å². The normalized spacial score (nSPS) is 24.2. The Morgan fingerprint density at radius 3 is 2.12 bits per heavy atom. The predicted molar refractivity (Wildman–Crippen MR) is 83.3 cm³/mol. The standard InChI is InChI=1S/C14H21ISi/c1-13(2)10-8-7-9-11(15)12(10)16(5,6)14(13,3)4/h7-9H,1-6H3. The van der Waals surface area contributed by atoms with Gasteiger partial charge in [0.25, 0.3) is 0 Å². The minimum absolute atomic E-state index is 0.305. The molecule has 0 saturated heterocycles. The van der Waals surface area contributed by atoms with E-state index in [-0.39, 0.29) is 0 Å². The Hall–Kier alpha value is 0.167. The molecule has 2 rings (SSSR count). The summed E-state index contributed by atoms with van der Waals surface area (Å²) in [5, 5.41) is 2.12. The zero-order valence-electron chi connectivity index (χ0n) is 11.1. The third-order valence-corrected chi connectivity index (χ3v) is 12.4. The molecule has 0 aliphatic carbocycles. The fourth-order valence-electron chi connectivity index (χ4n) is 3.11. The van der Waals surface area contributed by atoms with Crippen molar-refractivity contribution in [2.24, 2.45) is 0 Å². The van der Waals surface area contributed by atoms with E-state index in [0.717, 1.165) is 0 Å². The van der Waals surface area contributed by atoms with Gasteiger partial charge in [0.1, 0.15) is 0 Å². The van der Waals surface area contributed by atoms with Gasteiger partial charge in [-0.1, -0.05) is 52.9 Å². The van der Waals surface area contributed by atoms with Crippen LogP contribution >= 0.6 is 22.6 Å². The van der Waals surface area contributed by atoms with Crippen molar-refractivity contribution in [3.8, 4) is 0 Å². The summed E-state index contributed by atoms with van der Waals surface area (Å²) >= 11 is 2.52. The van der Waals surface area contributed by atoms with Crippen LogP contribution in [0.1, 0.15) is 33.3 Å². The van der Waals surface area contributed by atoms with Gasteiger partial charge in [-0.15, -0.1) is 0 Å². The maximum Gasteiger partial charge on any atom is 0.0888 e. The van der Waals surface area contributed by atoms with Crippen LogP contribution in [0.2, 0.25) is 18.1 Å². The van der Waals surface area contributed by atoms with Gasteiger partial charge in [-0.25, -0.2) is 0 Å². The summed E-state index contributed by atoms with van der Waals surface area (Å²) in [4.78, 5) is 0. The van der Waals surface area contributed by atoms with Gasteiger partial charge in [0.05, 0.1) is 8.07 Å². The van der Waals surface area contributed by atoms with Gasteiger partial charge in [0, 0.05) is 3.57 Å². The first kappa shape index (κ1) is 12.6. The van der Waals surface area contributed by atoms with E-state index in [1.54, 1.807) is 10.8 Å². The molecule has 2 heteroatoms. The van der Waals surface area contributed by atoms with Crippen molar-refractivity contribution in [2.75, 3.05) is 0 Å². The number of hydrogen-bond acceptors (Lipinski definition) is 0. The highest BCUT2D eigenvalue weighted by Gasteiger charge is 2.58. The molecular weight excluding hydrogens is 323 g/mol. The van der Waals surface area contributed by atoms with Crippen molar-refractivity contribution in [3.63, 3.8) is 0 Å². The first-order valence-electron chi connectivity index (χ1n) is 5.93. The highest BCUT2D eigenvalue weighted by molar-refractivity contribution is 14.1. The monoisotopic (exact) mass is 344 g/mol. The van der Waals surface area contributed by atoms with Gasteiger partial charge in [0.2, 0.25) is 0 Å². The second-order valence-corrected chi connectivity index (χ2v) is 12.7. The molecule has 1 heterocycles. The van der Waals surface area contributed by atoms with Gasteiger partial charge in [-0.3, -0.25) is 0 Å². The topological polar surface area (TPSA) is 0 Å². The van der Waals surface area contributed by atoms with Gasteiger partial charge in [-0.05, 0) is 49.9 Å². The van der Waals surface area contributed by atoms with Gasteiger partial charge in [-0.2, -0.15) is 0 Å². The lowest BCUT2D eigenvalue weighted by Gasteiger charge is -2.43. The van der Waals surface area contributed by atoms with E-state index in [9.17, 15) is 0 Å². The SMILES string of the molecule is CC1(C)c2cccc(I)c2[Si](C)(C)C1(C)C. The minimum atomic E-state index is -1.38. The second-order valence-electron chi connectivity index (χ2n) is 6.54. The lowest BCUT2D eigenvalue weighted by molar-refractivity contribution is 0.394. The Morgan fingerprint density at radius 2 is 1.62 bits per heavy atom. The molecule has 0 spiro atoms. The fraction of sp³-hybridized carbons (Fsp3) is 0.571. The van der Waals surface area contributed by atoms with Crippen LogP contribution in [-0.2, 0) is 5.41 Å². The van der Waals surface area contributed by atoms with E-state index < -0.39 is 8.07 Å². The van der Waals surface area contributed by atoms with Crippen LogP contribution < -0.4 is 5.19 Å². The molecule has 0 fully saturated rings. The zero-order valence-corrected chi connectivity index (χ0v) is 14.3. The van der Waals surface area contributed by atoms with Crippen molar-refractivity contribution in [3.05, 3.63) is 27.3 Å². The Bertz CT molecular complexity index is 444. The van der Waals surface area contributed by atoms with Crippen molar-refractivity contribution in [1.29, 1.82) is 0 Å². The molecule has 88 valence electrons. The summed E-state index contributed by atoms with van der Waals surface area (Å²) in [6.07, 6.45) is 0. The fourth-order valence-corrected chi connectivity index (χ4v) is 9.70. The number of halogens is 1. The van der Waals surface area contributed by atoms with Crippen molar-refractivity contribution < 1.29 is 0 Å². The summed E-state index contributed by atoms with van der Waals surface area (Å²) in [5.41, 5.74) is 1.90. The highest BCUT2D eigenvalue weighted by atomic mass is 127. The maximum atomic E-state index is 2.53. The van der Waals surface area contributed by atoms with Crippen molar-refractivity contribution >= 4 is 35.9 Å². The lowest BCUT2D eigenvalue weighted by Crippen LogP contribution is -2.49. The Labute approximate surface area is 114 Å². The van der Waals surface area contributed by atoms with Crippen LogP contribution in [0.4, 0.5) is 0 Å². The van der Waals surface area contributed by atoms with Crippen LogP contribution in [0.25, 0.3) is 0 Å². The molecule has 0 amide bonds. The van der Waals surface area contributed by atoms with Crippen molar-refractivity contribution in [2.45, 2.75) is 51.2 Å². The quantitative estimate of drug-likeness (QED) is 0.487. The van der Waals surface area contributed by atoms with Crippen LogP contribution in [0, 0.1) is 3.57 Å². The molecule has 1 aliphatic rings. The van der Waals surface area contributed by atoms with Crippen LogP contribution in [-0.4, -0.2) is 8.07 Å². The molecule has 0 N–H and O–H groups in total. The largest absolute Gasteiger partial charge is 0.0888 e. The number of benzene rings is 1. The van der Waals surface area contributed by atoms with Crippen LogP contribution in [0.3, 0.4) is 0 Å². The molecule has 0 saturated carbocycles. The lowest BCUT2D eigenvalue weighted by atomic mass is 9.75. The summed E-state index contributed by atoms with van der Waals surface area (Å²) in [6.45, 7) is 14.8. The summed E-state index contributed by atoms with van der Waals surface area (Å²) < 4.78 is 1.48. The smallest absolute Gasteiger partial charge is 0.0650 e. The molecule has 0 bridgehead atoms. The molecule has 1 aromatic carbocycles. The first-order valence-corrected chi connectivity index (χ1v) is 10.0. The third-order valence-electron chi connectivity index (χ3n) is 5.44. The molecule has 0 aromatic heterocycles. The van der Waals surface area contributed by atoms with Gasteiger partial charge >= 0.3 is 0 Å². The number of fused-ring (bicyclic) bond motifs is 1. The maximum absolute atomic E-state index is 2.53. The van der Waals surface area contributed by atoms with Crippen LogP contribution in [0.5, 0.6) is 0 Å². The average Bonchev–Trinajstić information content (AvgIpc) is 2.25. The molecule has 0 atom stereocenters. The molecule has 1 aromatic rings. The molecule has 0 radical (unpaired) electrons. The summed E-state index contributed by atoms with van der Waals surface area (Å²) in [6, 6.07) is 6.83. The van der Waals surface area contributed by atoms with E-state index in [0.29, 0.717) is 10.5 Å². The number of rotatable bonds is 0. The van der Waals surface area contributed by atoms with E-state index >= 15 is 0 Å². The summed E-state index contributed by atoms with van der Waals surface area (Å²) in [5.74, 6) is 0. The van der Waals surface area contributed by atoms with Crippen molar-refractivity contribution in [1.82, 2.24) is 0 Å². The molecular formula is C14H21ISi. The van der Waals surface area contributed by atoms with E-state index in [1.807, 2.05) is 0 Å². The number of hydrogen-bond donors (Lipinski definition) is 0. The predicted octanol–water partition coefficient (Wildman–Crippen LogP) is 4.28. The molecule has 0 nitrogen and oxygen atoms in total. The molecule has 0 unspecified atom stereocenters. The second kappa shape index (κ2) is 3.34. The average molecular weight is 344 g/mol. The van der Waals surface area contributed by atoms with E-state index in [4.69, 9.17) is 0 Å². The van der Waals surface area contributed by atoms with Gasteiger partial charge in [0.15, 0.2) is 0 Å². The molecule has 16 heavy (non-hydrogen) atoms. The Kier molecular flexibility index (Phi) is 2.64. The van der Waals surface area contributed by atoms with E-state index in [2.05, 4.69) is 81.6 Å². The Balaban J connectivity index is 2.84. The minimum Gasteiger partial charge on any atom is -0.0650 e. The first-order chi connectivity index (χ1) is 7.14. The zero-order chi connectivity index (χ0) is 12.4.